The lowest BCUT2D eigenvalue weighted by molar-refractivity contribution is 0.0438. The quantitative estimate of drug-likeness (QED) is 0.703. The van der Waals surface area contributed by atoms with Crippen LogP contribution >= 0.6 is 0 Å². The van der Waals surface area contributed by atoms with Gasteiger partial charge in [0.25, 0.3) is 5.91 Å². The fourth-order valence-electron chi connectivity index (χ4n) is 3.07. The highest BCUT2D eigenvalue weighted by Gasteiger charge is 2.45. The number of aliphatic hydroxyl groups excluding tert-OH is 2. The van der Waals surface area contributed by atoms with Gasteiger partial charge in [-0.3, -0.25) is 4.79 Å². The lowest BCUT2D eigenvalue weighted by atomic mass is 9.86. The van der Waals surface area contributed by atoms with Crippen LogP contribution < -0.4 is 10.1 Å². The molecule has 1 amide bonds. The summed E-state index contributed by atoms with van der Waals surface area (Å²) in [6, 6.07) is 6.92. The van der Waals surface area contributed by atoms with Crippen LogP contribution in [0.25, 0.3) is 0 Å². The summed E-state index contributed by atoms with van der Waals surface area (Å²) < 4.78 is 10.6. The molecule has 2 aromatic heterocycles. The van der Waals surface area contributed by atoms with Gasteiger partial charge in [-0.05, 0) is 25.8 Å². The van der Waals surface area contributed by atoms with Crippen molar-refractivity contribution in [3.63, 3.8) is 0 Å². The third-order valence-electron chi connectivity index (χ3n) is 4.40. The van der Waals surface area contributed by atoms with E-state index in [-0.39, 0.29) is 18.9 Å². The SMILES string of the molecule is Cc1cccc(OCC2(CNC(=O)c3ccno3)C[C@@H](O)[C@@H](O)C2)n1. The Kier molecular flexibility index (Phi) is 5.00. The van der Waals surface area contributed by atoms with Crippen LogP contribution in [0.1, 0.15) is 29.1 Å². The maximum absolute atomic E-state index is 12.1. The summed E-state index contributed by atoms with van der Waals surface area (Å²) in [5, 5.41) is 26.2. The summed E-state index contributed by atoms with van der Waals surface area (Å²) in [5.74, 6) is 0.175. The molecular formula is C17H21N3O5. The van der Waals surface area contributed by atoms with E-state index in [1.807, 2.05) is 19.1 Å². The van der Waals surface area contributed by atoms with Crippen molar-refractivity contribution in [3.8, 4) is 5.88 Å². The first-order valence-corrected chi connectivity index (χ1v) is 8.09. The third kappa shape index (κ3) is 4.15. The summed E-state index contributed by atoms with van der Waals surface area (Å²) >= 11 is 0. The van der Waals surface area contributed by atoms with Gasteiger partial charge in [0.15, 0.2) is 0 Å². The van der Waals surface area contributed by atoms with Gasteiger partial charge in [0.2, 0.25) is 11.6 Å². The van der Waals surface area contributed by atoms with Gasteiger partial charge in [0.1, 0.15) is 0 Å². The molecule has 2 aromatic rings. The van der Waals surface area contributed by atoms with Gasteiger partial charge in [0, 0.05) is 29.8 Å². The minimum atomic E-state index is -0.851. The van der Waals surface area contributed by atoms with Gasteiger partial charge in [0.05, 0.1) is 25.0 Å². The van der Waals surface area contributed by atoms with Crippen molar-refractivity contribution < 1.29 is 24.3 Å². The predicted molar refractivity (Wildman–Crippen MR) is 87.0 cm³/mol. The monoisotopic (exact) mass is 347 g/mol. The summed E-state index contributed by atoms with van der Waals surface area (Å²) in [5.41, 5.74) is 0.233. The number of nitrogens with zero attached hydrogens (tertiary/aromatic N) is 2. The number of rotatable bonds is 6. The number of amides is 1. The summed E-state index contributed by atoms with van der Waals surface area (Å²) in [6.45, 7) is 2.31. The van der Waals surface area contributed by atoms with Crippen molar-refractivity contribution in [2.45, 2.75) is 32.0 Å². The Bertz CT molecular complexity index is 709. The molecule has 0 spiro atoms. The van der Waals surface area contributed by atoms with Gasteiger partial charge in [-0.15, -0.1) is 0 Å². The smallest absolute Gasteiger partial charge is 0.289 e. The van der Waals surface area contributed by atoms with E-state index in [2.05, 4.69) is 15.5 Å². The molecule has 0 saturated heterocycles. The Morgan fingerprint density at radius 2 is 2.12 bits per heavy atom. The number of hydrogen-bond donors (Lipinski definition) is 3. The van der Waals surface area contributed by atoms with Gasteiger partial charge in [-0.1, -0.05) is 11.2 Å². The Labute approximate surface area is 144 Å². The van der Waals surface area contributed by atoms with Crippen molar-refractivity contribution in [2.75, 3.05) is 13.2 Å². The van der Waals surface area contributed by atoms with E-state index in [0.29, 0.717) is 18.7 Å². The first-order valence-electron chi connectivity index (χ1n) is 8.09. The van der Waals surface area contributed by atoms with Crippen LogP contribution in [-0.4, -0.2) is 51.6 Å². The van der Waals surface area contributed by atoms with E-state index in [4.69, 9.17) is 9.26 Å². The number of aliphatic hydroxyl groups is 2. The summed E-state index contributed by atoms with van der Waals surface area (Å²) in [4.78, 5) is 16.3. The number of carbonyl (C=O) groups excluding carboxylic acids is 1. The molecule has 8 heteroatoms. The molecule has 3 rings (SSSR count). The van der Waals surface area contributed by atoms with E-state index in [0.717, 1.165) is 5.69 Å². The van der Waals surface area contributed by atoms with E-state index in [1.165, 1.54) is 12.3 Å². The number of ether oxygens (including phenoxy) is 1. The van der Waals surface area contributed by atoms with Crippen LogP contribution in [0.5, 0.6) is 5.88 Å². The molecule has 0 radical (unpaired) electrons. The van der Waals surface area contributed by atoms with E-state index in [9.17, 15) is 15.0 Å². The van der Waals surface area contributed by atoms with Crippen LogP contribution in [0.2, 0.25) is 0 Å². The standard InChI is InChI=1S/C17H21N3O5/c1-11-3-2-4-15(20-11)24-10-17(7-12(21)13(22)8-17)9-18-16(23)14-5-6-19-25-14/h2-6,12-13,21-22H,7-10H2,1H3,(H,18,23)/t12-,13+,17?. The Morgan fingerprint density at radius 3 is 2.76 bits per heavy atom. The molecule has 25 heavy (non-hydrogen) atoms. The molecule has 8 nitrogen and oxygen atoms in total. The number of hydrogen-bond acceptors (Lipinski definition) is 7. The van der Waals surface area contributed by atoms with Crippen molar-refractivity contribution in [1.29, 1.82) is 0 Å². The van der Waals surface area contributed by atoms with Crippen molar-refractivity contribution >= 4 is 5.91 Å². The minimum absolute atomic E-state index is 0.107. The molecule has 1 aliphatic rings. The average Bonchev–Trinajstić information content (AvgIpc) is 3.21. The highest BCUT2D eigenvalue weighted by atomic mass is 16.5. The van der Waals surface area contributed by atoms with Crippen LogP contribution in [-0.2, 0) is 0 Å². The average molecular weight is 347 g/mol. The lowest BCUT2D eigenvalue weighted by Gasteiger charge is -2.28. The summed E-state index contributed by atoms with van der Waals surface area (Å²) in [6.07, 6.45) is 0.320. The molecule has 1 fully saturated rings. The Balaban J connectivity index is 1.67. The molecule has 1 saturated carbocycles. The molecule has 1 unspecified atom stereocenters. The zero-order valence-electron chi connectivity index (χ0n) is 13.9. The fourth-order valence-corrected chi connectivity index (χ4v) is 3.07. The molecule has 134 valence electrons. The second-order valence-corrected chi connectivity index (χ2v) is 6.51. The van der Waals surface area contributed by atoms with E-state index >= 15 is 0 Å². The van der Waals surface area contributed by atoms with Crippen molar-refractivity contribution in [1.82, 2.24) is 15.5 Å². The number of carbonyl (C=O) groups is 1. The molecule has 0 aromatic carbocycles. The molecule has 3 N–H and O–H groups in total. The predicted octanol–water partition coefficient (Wildman–Crippen LogP) is 0.689. The second kappa shape index (κ2) is 7.20. The van der Waals surface area contributed by atoms with Crippen LogP contribution in [0.3, 0.4) is 0 Å². The highest BCUT2D eigenvalue weighted by molar-refractivity contribution is 5.91. The Morgan fingerprint density at radius 1 is 1.36 bits per heavy atom. The maximum Gasteiger partial charge on any atom is 0.289 e. The zero-order chi connectivity index (χ0) is 17.9. The van der Waals surface area contributed by atoms with Crippen LogP contribution in [0, 0.1) is 12.3 Å². The number of aryl methyl sites for hydroxylation is 1. The topological polar surface area (TPSA) is 118 Å². The molecule has 0 aliphatic heterocycles. The van der Waals surface area contributed by atoms with Gasteiger partial charge < -0.3 is 24.8 Å². The van der Waals surface area contributed by atoms with Gasteiger partial charge in [-0.25, -0.2) is 4.98 Å². The molecule has 3 atom stereocenters. The molecule has 1 aliphatic carbocycles. The molecular weight excluding hydrogens is 326 g/mol. The van der Waals surface area contributed by atoms with Crippen LogP contribution in [0.4, 0.5) is 0 Å². The van der Waals surface area contributed by atoms with E-state index in [1.54, 1.807) is 6.07 Å². The maximum atomic E-state index is 12.1. The van der Waals surface area contributed by atoms with Crippen LogP contribution in [0.15, 0.2) is 35.0 Å². The Hall–Kier alpha value is -2.45. The number of aromatic nitrogens is 2. The summed E-state index contributed by atoms with van der Waals surface area (Å²) in [7, 11) is 0. The van der Waals surface area contributed by atoms with Crippen molar-refractivity contribution in [2.24, 2.45) is 5.41 Å². The normalized spacial score (nSPS) is 25.7. The molecule has 2 heterocycles. The van der Waals surface area contributed by atoms with Gasteiger partial charge in [-0.2, -0.15) is 0 Å². The largest absolute Gasteiger partial charge is 0.477 e. The van der Waals surface area contributed by atoms with Crippen molar-refractivity contribution in [3.05, 3.63) is 41.9 Å². The lowest BCUT2D eigenvalue weighted by Crippen LogP contribution is -2.40. The van der Waals surface area contributed by atoms with Gasteiger partial charge >= 0.3 is 0 Å². The first kappa shape index (κ1) is 17.4. The number of nitrogens with one attached hydrogen (secondary N) is 1. The third-order valence-corrected chi connectivity index (χ3v) is 4.40. The number of pyridine rings is 1. The second-order valence-electron chi connectivity index (χ2n) is 6.51. The first-order chi connectivity index (χ1) is 12.0. The molecule has 0 bridgehead atoms. The minimum Gasteiger partial charge on any atom is -0.477 e. The highest BCUT2D eigenvalue weighted by Crippen LogP contribution is 2.38. The fraction of sp³-hybridized carbons (Fsp3) is 0.471. The zero-order valence-corrected chi connectivity index (χ0v) is 13.9. The van der Waals surface area contributed by atoms with E-state index < -0.39 is 23.5 Å².